The number of hydrogen-bond donors (Lipinski definition) is 0. The maximum absolute atomic E-state index is 3.51. The molecular weight excluding hydrogens is 406 g/mol. The Labute approximate surface area is 179 Å². The van der Waals surface area contributed by atoms with E-state index in [1.54, 1.807) is 12.2 Å². The molecule has 0 heterocycles. The second-order valence-electron chi connectivity index (χ2n) is 5.95. The summed E-state index contributed by atoms with van der Waals surface area (Å²) in [5, 5.41) is 0. The SMILES string of the molecule is C=CC=C.CC.Cc1ccc(N(c2ccc(C)cc2)c2ccc(Br)cc2)cc1. The second-order valence-corrected chi connectivity index (χ2v) is 6.87. The van der Waals surface area contributed by atoms with Gasteiger partial charge in [-0.15, -0.1) is 0 Å². The molecule has 0 aromatic heterocycles. The third kappa shape index (κ3) is 7.21. The monoisotopic (exact) mass is 435 g/mol. The standard InChI is InChI=1S/C20H18BrN.C4H6.C2H6/c1-15-3-9-18(10-4-15)22(19-11-5-16(2)6-12-19)20-13-7-17(21)8-14-20;1-3-4-2;1-2/h3-14H,1-2H3;3-4H,1-2H2;1-2H3. The topological polar surface area (TPSA) is 3.24 Å². The summed E-state index contributed by atoms with van der Waals surface area (Å²) in [6, 6.07) is 25.7. The lowest BCUT2D eigenvalue weighted by Gasteiger charge is -2.25. The van der Waals surface area contributed by atoms with Crippen molar-refractivity contribution in [1.29, 1.82) is 0 Å². The van der Waals surface area contributed by atoms with E-state index in [0.717, 1.165) is 21.5 Å². The molecule has 0 saturated carbocycles. The third-order valence-electron chi connectivity index (χ3n) is 3.84. The summed E-state index contributed by atoms with van der Waals surface area (Å²) < 4.78 is 1.09. The van der Waals surface area contributed by atoms with Crippen LogP contribution in [0, 0.1) is 13.8 Å². The first-order chi connectivity index (χ1) is 13.5. The maximum Gasteiger partial charge on any atom is 0.0462 e. The van der Waals surface area contributed by atoms with Crippen LogP contribution in [0.2, 0.25) is 0 Å². The van der Waals surface area contributed by atoms with Gasteiger partial charge in [-0.2, -0.15) is 0 Å². The predicted octanol–water partition coefficient (Wildman–Crippen LogP) is 8.92. The molecule has 0 radical (unpaired) electrons. The van der Waals surface area contributed by atoms with E-state index in [0.29, 0.717) is 0 Å². The van der Waals surface area contributed by atoms with Gasteiger partial charge in [0.2, 0.25) is 0 Å². The van der Waals surface area contributed by atoms with Gasteiger partial charge in [0.25, 0.3) is 0 Å². The molecule has 0 saturated heterocycles. The zero-order valence-electron chi connectivity index (χ0n) is 17.3. The van der Waals surface area contributed by atoms with Crippen molar-refractivity contribution in [2.75, 3.05) is 4.90 Å². The van der Waals surface area contributed by atoms with Gasteiger partial charge in [0.1, 0.15) is 0 Å². The minimum absolute atomic E-state index is 1.09. The van der Waals surface area contributed by atoms with Crippen LogP contribution in [0.3, 0.4) is 0 Å². The molecule has 146 valence electrons. The molecule has 0 fully saturated rings. The summed E-state index contributed by atoms with van der Waals surface area (Å²) in [6.07, 6.45) is 3.28. The summed E-state index contributed by atoms with van der Waals surface area (Å²) in [4.78, 5) is 2.27. The number of allylic oxidation sites excluding steroid dienone is 2. The minimum Gasteiger partial charge on any atom is -0.311 e. The highest BCUT2D eigenvalue weighted by molar-refractivity contribution is 9.10. The van der Waals surface area contributed by atoms with Crippen molar-refractivity contribution in [3.8, 4) is 0 Å². The van der Waals surface area contributed by atoms with E-state index in [1.807, 2.05) is 13.8 Å². The Morgan fingerprint density at radius 1 is 0.607 bits per heavy atom. The highest BCUT2D eigenvalue weighted by Gasteiger charge is 2.11. The van der Waals surface area contributed by atoms with Gasteiger partial charge in [0, 0.05) is 21.5 Å². The Kier molecular flexibility index (Phi) is 10.7. The van der Waals surface area contributed by atoms with Crippen LogP contribution in [0.4, 0.5) is 17.1 Å². The number of rotatable bonds is 4. The quantitative estimate of drug-likeness (QED) is 0.369. The molecule has 0 atom stereocenters. The lowest BCUT2D eigenvalue weighted by molar-refractivity contribution is 1.27. The Morgan fingerprint density at radius 2 is 0.893 bits per heavy atom. The maximum atomic E-state index is 3.51. The van der Waals surface area contributed by atoms with E-state index in [4.69, 9.17) is 0 Å². The molecule has 3 aromatic rings. The number of benzene rings is 3. The van der Waals surface area contributed by atoms with Crippen molar-refractivity contribution in [1.82, 2.24) is 0 Å². The van der Waals surface area contributed by atoms with Crippen LogP contribution in [0.25, 0.3) is 0 Å². The van der Waals surface area contributed by atoms with E-state index in [1.165, 1.54) is 11.1 Å². The van der Waals surface area contributed by atoms with E-state index in [9.17, 15) is 0 Å². The lowest BCUT2D eigenvalue weighted by atomic mass is 10.1. The van der Waals surface area contributed by atoms with Crippen molar-refractivity contribution in [2.24, 2.45) is 0 Å². The first-order valence-corrected chi connectivity index (χ1v) is 10.3. The molecular formula is C26H30BrN. The van der Waals surface area contributed by atoms with Crippen molar-refractivity contribution < 1.29 is 0 Å². The van der Waals surface area contributed by atoms with Crippen LogP contribution in [0.15, 0.2) is 103 Å². The normalized spacial score (nSPS) is 9.18. The Balaban J connectivity index is 0.000000583. The summed E-state index contributed by atoms with van der Waals surface area (Å²) in [6.45, 7) is 14.9. The van der Waals surface area contributed by atoms with Crippen LogP contribution in [0.5, 0.6) is 0 Å². The summed E-state index contributed by atoms with van der Waals surface area (Å²) in [5.74, 6) is 0. The van der Waals surface area contributed by atoms with Gasteiger partial charge < -0.3 is 4.90 Å². The van der Waals surface area contributed by atoms with Crippen LogP contribution in [0.1, 0.15) is 25.0 Å². The molecule has 0 bridgehead atoms. The van der Waals surface area contributed by atoms with Crippen LogP contribution in [-0.4, -0.2) is 0 Å². The van der Waals surface area contributed by atoms with E-state index >= 15 is 0 Å². The van der Waals surface area contributed by atoms with Gasteiger partial charge in [-0.3, -0.25) is 0 Å². The number of anilines is 3. The van der Waals surface area contributed by atoms with Crippen molar-refractivity contribution in [3.05, 3.63) is 114 Å². The molecule has 28 heavy (non-hydrogen) atoms. The van der Waals surface area contributed by atoms with Crippen LogP contribution >= 0.6 is 15.9 Å². The highest BCUT2D eigenvalue weighted by atomic mass is 79.9. The zero-order chi connectivity index (χ0) is 20.9. The molecule has 3 rings (SSSR count). The van der Waals surface area contributed by atoms with Gasteiger partial charge in [0.15, 0.2) is 0 Å². The molecule has 1 nitrogen and oxygen atoms in total. The van der Waals surface area contributed by atoms with Crippen LogP contribution < -0.4 is 4.90 Å². The average Bonchev–Trinajstić information content (AvgIpc) is 2.74. The Morgan fingerprint density at radius 3 is 1.18 bits per heavy atom. The molecule has 0 spiro atoms. The number of aryl methyl sites for hydroxylation is 2. The summed E-state index contributed by atoms with van der Waals surface area (Å²) >= 11 is 3.51. The summed E-state index contributed by atoms with van der Waals surface area (Å²) in [7, 11) is 0. The minimum atomic E-state index is 1.09. The molecule has 2 heteroatoms. The fourth-order valence-electron chi connectivity index (χ4n) is 2.43. The van der Waals surface area contributed by atoms with E-state index in [2.05, 4.69) is 121 Å². The van der Waals surface area contributed by atoms with Gasteiger partial charge in [0.05, 0.1) is 0 Å². The molecule has 0 unspecified atom stereocenters. The predicted molar refractivity (Wildman–Crippen MR) is 130 cm³/mol. The highest BCUT2D eigenvalue weighted by Crippen LogP contribution is 2.35. The van der Waals surface area contributed by atoms with E-state index in [-0.39, 0.29) is 0 Å². The lowest BCUT2D eigenvalue weighted by Crippen LogP contribution is -2.09. The van der Waals surface area contributed by atoms with Crippen molar-refractivity contribution >= 4 is 33.0 Å². The third-order valence-corrected chi connectivity index (χ3v) is 4.36. The average molecular weight is 436 g/mol. The fraction of sp³-hybridized carbons (Fsp3) is 0.154. The van der Waals surface area contributed by atoms with Crippen LogP contribution in [-0.2, 0) is 0 Å². The molecule has 0 N–H and O–H groups in total. The summed E-state index contributed by atoms with van der Waals surface area (Å²) in [5.41, 5.74) is 6.01. The zero-order valence-corrected chi connectivity index (χ0v) is 18.9. The fourth-order valence-corrected chi connectivity index (χ4v) is 2.69. The molecule has 3 aromatic carbocycles. The molecule has 0 aliphatic carbocycles. The van der Waals surface area contributed by atoms with Gasteiger partial charge in [-0.25, -0.2) is 0 Å². The number of nitrogens with zero attached hydrogens (tertiary/aromatic N) is 1. The van der Waals surface area contributed by atoms with Crippen molar-refractivity contribution in [2.45, 2.75) is 27.7 Å². The number of halogens is 1. The first-order valence-electron chi connectivity index (χ1n) is 9.47. The first kappa shape index (κ1) is 23.5. The largest absolute Gasteiger partial charge is 0.311 e. The van der Waals surface area contributed by atoms with Crippen molar-refractivity contribution in [3.63, 3.8) is 0 Å². The molecule has 0 aliphatic rings. The van der Waals surface area contributed by atoms with Gasteiger partial charge in [-0.1, -0.05) is 90.5 Å². The number of hydrogen-bond acceptors (Lipinski definition) is 1. The smallest absolute Gasteiger partial charge is 0.0462 e. The Hall–Kier alpha value is -2.58. The van der Waals surface area contributed by atoms with Gasteiger partial charge in [-0.05, 0) is 62.4 Å². The Bertz CT molecular complexity index is 717. The second kappa shape index (κ2) is 12.7. The molecule has 0 amide bonds. The molecule has 0 aliphatic heterocycles. The van der Waals surface area contributed by atoms with E-state index < -0.39 is 0 Å². The van der Waals surface area contributed by atoms with Gasteiger partial charge >= 0.3 is 0 Å².